The van der Waals surface area contributed by atoms with E-state index in [0.717, 1.165) is 19.3 Å². The van der Waals surface area contributed by atoms with Crippen LogP contribution in [-0.2, 0) is 38.4 Å². The van der Waals surface area contributed by atoms with Gasteiger partial charge in [0.05, 0.1) is 25.2 Å². The van der Waals surface area contributed by atoms with Crippen LogP contribution in [0.2, 0.25) is 12.1 Å². The molecule has 0 aromatic heterocycles. The standard InChI is InChI=1S/C60H75N5O15Si2/c1-75-81(73,76-2)34-20-30-61-57(69)79-50-39-52(59(71,46-22-10-5-11-23-46)47-24-12-6-13-25-47)64(41-50)55(67)44-36-43(54(66)63-32-18-9-19-33-63)37-45(38-44)56(68)65-42-51(80-58(70)62-31-21-35-82(74,77-3)78-4)40-53(65)60(72,48-26-14-7-15-27-48)49-28-16-8-17-29-49/h5-8,10-17,22-29,36-38,50-53,71-74H,9,18-21,30-35,39-42H2,1-4H3,(H,61,69)(H,62,70)/t50-,51-,52+,53+/m1/s1. The highest BCUT2D eigenvalue weighted by atomic mass is 28.4. The maximum atomic E-state index is 15.8. The number of alkyl carbamates (subject to hydrolysis) is 2. The molecule has 5 amide bonds. The number of carbonyl (C=O) groups excluding carboxylic acids is 5. The zero-order chi connectivity index (χ0) is 58.5. The minimum absolute atomic E-state index is 0.0378. The number of carbonyl (C=O) groups is 5. The fourth-order valence-corrected chi connectivity index (χ4v) is 13.9. The first-order valence-electron chi connectivity index (χ1n) is 27.8. The second-order valence-electron chi connectivity index (χ2n) is 20.9. The summed E-state index contributed by atoms with van der Waals surface area (Å²) < 4.78 is 32.7. The fourth-order valence-electron chi connectivity index (χ4n) is 11.5. The third-order valence-corrected chi connectivity index (χ3v) is 20.4. The molecule has 82 heavy (non-hydrogen) atoms. The summed E-state index contributed by atoms with van der Waals surface area (Å²) in [5.74, 6) is -1.75. The lowest BCUT2D eigenvalue weighted by molar-refractivity contribution is -0.00153. The molecular formula is C60H75N5O15Si2. The van der Waals surface area contributed by atoms with E-state index in [9.17, 15) is 34.2 Å². The Bertz CT molecular complexity index is 2680. The van der Waals surface area contributed by atoms with E-state index in [-0.39, 0.29) is 67.8 Å². The first-order valence-corrected chi connectivity index (χ1v) is 31.7. The molecule has 0 radical (unpaired) electrons. The highest BCUT2D eigenvalue weighted by Gasteiger charge is 2.53. The average molecular weight is 1160 g/mol. The van der Waals surface area contributed by atoms with Crippen LogP contribution in [0.4, 0.5) is 9.59 Å². The lowest BCUT2D eigenvalue weighted by Gasteiger charge is -2.40. The summed E-state index contributed by atoms with van der Waals surface area (Å²) in [6, 6.07) is 37.9. The lowest BCUT2D eigenvalue weighted by Crippen LogP contribution is -2.51. The summed E-state index contributed by atoms with van der Waals surface area (Å²) in [4.78, 5) is 99.1. The van der Waals surface area contributed by atoms with Crippen LogP contribution in [0.15, 0.2) is 140 Å². The Labute approximate surface area is 480 Å². The van der Waals surface area contributed by atoms with E-state index in [1.54, 1.807) is 126 Å². The van der Waals surface area contributed by atoms with E-state index in [4.69, 9.17) is 27.2 Å². The van der Waals surface area contributed by atoms with Gasteiger partial charge in [-0.25, -0.2) is 9.59 Å². The van der Waals surface area contributed by atoms with E-state index in [2.05, 4.69) is 10.6 Å². The maximum Gasteiger partial charge on any atom is 0.497 e. The number of rotatable bonds is 23. The van der Waals surface area contributed by atoms with Crippen molar-refractivity contribution >= 4 is 47.5 Å². The smallest absolute Gasteiger partial charge is 0.444 e. The number of benzene rings is 5. The Morgan fingerprint density at radius 1 is 0.500 bits per heavy atom. The Balaban J connectivity index is 1.18. The van der Waals surface area contributed by atoms with Crippen molar-refractivity contribution in [3.8, 4) is 0 Å². The van der Waals surface area contributed by atoms with Crippen LogP contribution < -0.4 is 10.6 Å². The molecule has 20 nitrogen and oxygen atoms in total. The summed E-state index contributed by atoms with van der Waals surface area (Å²) in [6.45, 7) is 0.716. The number of amides is 5. The first-order chi connectivity index (χ1) is 39.5. The molecule has 5 aromatic carbocycles. The van der Waals surface area contributed by atoms with Crippen molar-refractivity contribution in [3.63, 3.8) is 0 Å². The van der Waals surface area contributed by atoms with E-state index < -0.39 is 83.0 Å². The highest BCUT2D eigenvalue weighted by Crippen LogP contribution is 2.44. The van der Waals surface area contributed by atoms with Gasteiger partial charge >= 0.3 is 29.8 Å². The summed E-state index contributed by atoms with van der Waals surface area (Å²) in [5.41, 5.74) is -2.08. The van der Waals surface area contributed by atoms with Crippen molar-refractivity contribution in [1.29, 1.82) is 0 Å². The quantitative estimate of drug-likeness (QED) is 0.0323. The molecule has 3 aliphatic heterocycles. The van der Waals surface area contributed by atoms with Crippen LogP contribution in [0.5, 0.6) is 0 Å². The Morgan fingerprint density at radius 2 is 0.817 bits per heavy atom. The van der Waals surface area contributed by atoms with Crippen molar-refractivity contribution in [2.75, 3.05) is 67.7 Å². The Kier molecular flexibility index (Phi) is 20.5. The van der Waals surface area contributed by atoms with Crippen molar-refractivity contribution in [1.82, 2.24) is 25.3 Å². The topological polar surface area (TPSA) is 255 Å². The van der Waals surface area contributed by atoms with Crippen LogP contribution >= 0.6 is 0 Å². The molecule has 3 heterocycles. The van der Waals surface area contributed by atoms with Gasteiger partial charge < -0.3 is 72.3 Å². The first kappa shape index (κ1) is 61.2. The van der Waals surface area contributed by atoms with Crippen molar-refractivity contribution in [3.05, 3.63) is 178 Å². The molecule has 8 rings (SSSR count). The lowest BCUT2D eigenvalue weighted by atomic mass is 9.78. The van der Waals surface area contributed by atoms with Crippen molar-refractivity contribution < 1.29 is 71.0 Å². The maximum absolute atomic E-state index is 15.8. The van der Waals surface area contributed by atoms with Gasteiger partial charge in [-0.1, -0.05) is 121 Å². The second kappa shape index (κ2) is 27.5. The third kappa shape index (κ3) is 14.0. The summed E-state index contributed by atoms with van der Waals surface area (Å²) in [5, 5.41) is 32.2. The van der Waals surface area contributed by atoms with Gasteiger partial charge in [0.25, 0.3) is 17.7 Å². The largest absolute Gasteiger partial charge is 0.497 e. The van der Waals surface area contributed by atoms with Crippen molar-refractivity contribution in [2.45, 2.75) is 92.5 Å². The predicted molar refractivity (Wildman–Crippen MR) is 306 cm³/mol. The van der Waals surface area contributed by atoms with Crippen LogP contribution in [0.1, 0.15) is 98.3 Å². The van der Waals surface area contributed by atoms with Gasteiger partial charge in [0.1, 0.15) is 23.4 Å². The minimum Gasteiger partial charge on any atom is -0.444 e. The normalized spacial score (nSPS) is 18.7. The summed E-state index contributed by atoms with van der Waals surface area (Å²) >= 11 is 0. The molecule has 0 bridgehead atoms. The molecule has 6 N–H and O–H groups in total. The van der Waals surface area contributed by atoms with Gasteiger partial charge in [0.15, 0.2) is 0 Å². The molecule has 5 aromatic rings. The summed E-state index contributed by atoms with van der Waals surface area (Å²) in [7, 11) is -1.40. The molecule has 0 saturated carbocycles. The van der Waals surface area contributed by atoms with E-state index in [1.807, 2.05) is 0 Å². The van der Waals surface area contributed by atoms with Crippen LogP contribution in [-0.4, -0.2) is 174 Å². The van der Waals surface area contributed by atoms with Gasteiger partial charge in [-0.3, -0.25) is 14.4 Å². The Morgan fingerprint density at radius 3 is 1.13 bits per heavy atom. The minimum atomic E-state index is -3.41. The fraction of sp³-hybridized carbons (Fsp3) is 0.417. The molecule has 438 valence electrons. The van der Waals surface area contributed by atoms with Gasteiger partial charge in [-0.15, -0.1) is 0 Å². The molecule has 0 unspecified atom stereocenters. The number of hydrogen-bond acceptors (Lipinski definition) is 15. The molecular weight excluding hydrogens is 1090 g/mol. The third-order valence-electron chi connectivity index (χ3n) is 15.9. The summed E-state index contributed by atoms with van der Waals surface area (Å²) in [6.07, 6.45) is -0.532. The zero-order valence-corrected chi connectivity index (χ0v) is 48.8. The molecule has 3 fully saturated rings. The van der Waals surface area contributed by atoms with E-state index in [1.165, 1.54) is 56.4 Å². The predicted octanol–water partition coefficient (Wildman–Crippen LogP) is 6.03. The number of likely N-dealkylation sites (tertiary alicyclic amines) is 3. The number of ether oxygens (including phenoxy) is 2. The number of piperidine rings is 1. The van der Waals surface area contributed by atoms with Gasteiger partial charge in [0, 0.05) is 96.2 Å². The van der Waals surface area contributed by atoms with Gasteiger partial charge in [-0.2, -0.15) is 0 Å². The Hall–Kier alpha value is -6.84. The number of aliphatic hydroxyl groups is 2. The van der Waals surface area contributed by atoms with E-state index in [0.29, 0.717) is 48.2 Å². The highest BCUT2D eigenvalue weighted by molar-refractivity contribution is 6.59. The van der Waals surface area contributed by atoms with E-state index >= 15 is 9.59 Å². The average Bonchev–Trinajstić information content (AvgIpc) is 2.83. The molecule has 3 aliphatic rings. The molecule has 4 atom stereocenters. The molecule has 22 heteroatoms. The van der Waals surface area contributed by atoms with Gasteiger partial charge in [-0.05, 0) is 72.6 Å². The van der Waals surface area contributed by atoms with Crippen molar-refractivity contribution in [2.24, 2.45) is 0 Å². The van der Waals surface area contributed by atoms with Gasteiger partial charge in [0.2, 0.25) is 0 Å². The van der Waals surface area contributed by atoms with Crippen LogP contribution in [0.3, 0.4) is 0 Å². The number of nitrogens with one attached hydrogen (secondary N) is 2. The monoisotopic (exact) mass is 1160 g/mol. The molecule has 0 spiro atoms. The molecule has 3 saturated heterocycles. The number of hydrogen-bond donors (Lipinski definition) is 6. The number of nitrogens with zero attached hydrogens (tertiary/aromatic N) is 3. The second-order valence-corrected chi connectivity index (χ2v) is 26.4. The SMILES string of the molecule is CO[Si](O)(CCCNC(=O)O[C@@H]1C[C@@H](C(O)(c2ccccc2)c2ccccc2)N(C(=O)c2cc(C(=O)N3CCCCC3)cc(C(=O)N3C[C@H](OC(=O)NCCC[Si](O)(OC)OC)C[C@H]3C(O)(c3ccccc3)c3ccccc3)c2)C1)OC. The molecule has 0 aliphatic carbocycles. The van der Waals surface area contributed by atoms with Crippen LogP contribution in [0, 0.1) is 0 Å². The zero-order valence-electron chi connectivity index (χ0n) is 46.8. The van der Waals surface area contributed by atoms with Crippen LogP contribution in [0.25, 0.3) is 0 Å².